The molecule has 2 aliphatic heterocycles. The summed E-state index contributed by atoms with van der Waals surface area (Å²) in [4.78, 5) is 28.9. The van der Waals surface area contributed by atoms with Crippen molar-refractivity contribution >= 4 is 11.7 Å². The van der Waals surface area contributed by atoms with Gasteiger partial charge in [0.05, 0.1) is 17.5 Å². The van der Waals surface area contributed by atoms with Crippen LogP contribution in [0.1, 0.15) is 43.9 Å². The number of carbonyl (C=O) groups is 2. The SMILES string of the molecule is CC1CC(C)C2C(=O)C3=C(OC2C1)C(=O)N(Cc1ccc(F)cc1)C3c1cccc(O)c1. The molecule has 0 bridgehead atoms. The topological polar surface area (TPSA) is 66.8 Å². The normalized spacial score (nSPS) is 29.6. The second-order valence-electron chi connectivity index (χ2n) is 9.40. The number of hydrogen-bond donors (Lipinski definition) is 1. The third-order valence-electron chi connectivity index (χ3n) is 7.00. The number of phenolic OH excluding ortho intramolecular Hbond substituents is 1. The Balaban J connectivity index is 1.59. The summed E-state index contributed by atoms with van der Waals surface area (Å²) in [5.74, 6) is -0.210. The Morgan fingerprint density at radius 3 is 2.56 bits per heavy atom. The predicted molar refractivity (Wildman–Crippen MR) is 116 cm³/mol. The largest absolute Gasteiger partial charge is 0.508 e. The van der Waals surface area contributed by atoms with Crippen LogP contribution in [0, 0.1) is 23.6 Å². The van der Waals surface area contributed by atoms with E-state index in [2.05, 4.69) is 13.8 Å². The zero-order valence-corrected chi connectivity index (χ0v) is 18.1. The van der Waals surface area contributed by atoms with E-state index in [4.69, 9.17) is 4.74 Å². The van der Waals surface area contributed by atoms with Gasteiger partial charge >= 0.3 is 0 Å². The third-order valence-corrected chi connectivity index (χ3v) is 7.00. The molecule has 32 heavy (non-hydrogen) atoms. The van der Waals surface area contributed by atoms with Crippen LogP contribution in [0.25, 0.3) is 0 Å². The van der Waals surface area contributed by atoms with Crippen molar-refractivity contribution < 1.29 is 23.8 Å². The number of benzene rings is 2. The number of hydrogen-bond acceptors (Lipinski definition) is 4. The molecule has 1 amide bonds. The number of carbonyl (C=O) groups excluding carboxylic acids is 2. The molecule has 1 N–H and O–H groups in total. The molecule has 5 atom stereocenters. The fourth-order valence-electron chi connectivity index (χ4n) is 5.66. The van der Waals surface area contributed by atoms with E-state index in [0.29, 0.717) is 17.1 Å². The Morgan fingerprint density at radius 1 is 1.09 bits per heavy atom. The van der Waals surface area contributed by atoms with Gasteiger partial charge in [0.15, 0.2) is 11.5 Å². The van der Waals surface area contributed by atoms with Gasteiger partial charge in [0.2, 0.25) is 0 Å². The number of Topliss-reactive ketones (excluding diaryl/α,β-unsaturated/α-hetero) is 1. The highest BCUT2D eigenvalue weighted by atomic mass is 19.1. The summed E-state index contributed by atoms with van der Waals surface area (Å²) in [5, 5.41) is 10.1. The van der Waals surface area contributed by atoms with E-state index in [9.17, 15) is 19.1 Å². The van der Waals surface area contributed by atoms with Gasteiger partial charge in [0.25, 0.3) is 5.91 Å². The Kier molecular flexibility index (Phi) is 5.03. The molecule has 2 aromatic carbocycles. The standard InChI is InChI=1S/C26H26FNO4/c1-14-10-15(2)21-20(11-14)32-25-22(24(21)30)23(17-4-3-5-19(29)12-17)28(26(25)31)13-16-6-8-18(27)9-7-16/h3-9,12,14-15,20-21,23,29H,10-11,13H2,1-2H3. The van der Waals surface area contributed by atoms with Crippen LogP contribution in [0.3, 0.4) is 0 Å². The Labute approximate surface area is 186 Å². The van der Waals surface area contributed by atoms with Crippen LogP contribution in [0.4, 0.5) is 4.39 Å². The van der Waals surface area contributed by atoms with Crippen molar-refractivity contribution in [2.45, 2.75) is 45.4 Å². The van der Waals surface area contributed by atoms with E-state index in [-0.39, 0.29) is 53.5 Å². The lowest BCUT2D eigenvalue weighted by atomic mass is 9.69. The smallest absolute Gasteiger partial charge is 0.290 e. The molecule has 1 saturated carbocycles. The summed E-state index contributed by atoms with van der Waals surface area (Å²) < 4.78 is 19.7. The van der Waals surface area contributed by atoms with E-state index in [1.165, 1.54) is 12.1 Å². The predicted octanol–water partition coefficient (Wildman–Crippen LogP) is 4.52. The van der Waals surface area contributed by atoms with Crippen LogP contribution in [-0.2, 0) is 20.9 Å². The maximum atomic E-state index is 13.8. The van der Waals surface area contributed by atoms with Crippen molar-refractivity contribution in [3.05, 3.63) is 76.8 Å². The van der Waals surface area contributed by atoms with Crippen LogP contribution in [0.2, 0.25) is 0 Å². The molecule has 5 nitrogen and oxygen atoms in total. The summed E-state index contributed by atoms with van der Waals surface area (Å²) in [6, 6.07) is 11.9. The second kappa shape index (κ2) is 7.76. The molecule has 0 aromatic heterocycles. The molecule has 166 valence electrons. The lowest BCUT2D eigenvalue weighted by Gasteiger charge is -2.41. The van der Waals surface area contributed by atoms with Gasteiger partial charge in [-0.25, -0.2) is 4.39 Å². The average Bonchev–Trinajstić information content (AvgIpc) is 3.01. The van der Waals surface area contributed by atoms with E-state index >= 15 is 0 Å². The summed E-state index contributed by atoms with van der Waals surface area (Å²) in [6.45, 7) is 4.43. The summed E-state index contributed by atoms with van der Waals surface area (Å²) >= 11 is 0. The van der Waals surface area contributed by atoms with Crippen LogP contribution >= 0.6 is 0 Å². The number of phenols is 1. The monoisotopic (exact) mass is 435 g/mol. The molecule has 6 heteroatoms. The molecule has 0 saturated heterocycles. The van der Waals surface area contributed by atoms with Crippen molar-refractivity contribution in [1.29, 1.82) is 0 Å². The highest BCUT2D eigenvalue weighted by molar-refractivity contribution is 6.11. The van der Waals surface area contributed by atoms with E-state index in [1.54, 1.807) is 41.3 Å². The lowest BCUT2D eigenvalue weighted by Crippen LogP contribution is -2.45. The van der Waals surface area contributed by atoms with Crippen molar-refractivity contribution in [1.82, 2.24) is 4.90 Å². The van der Waals surface area contributed by atoms with Crippen molar-refractivity contribution in [2.75, 3.05) is 0 Å². The molecule has 0 spiro atoms. The summed E-state index contributed by atoms with van der Waals surface area (Å²) in [5.41, 5.74) is 1.78. The third kappa shape index (κ3) is 3.38. The minimum absolute atomic E-state index is 0.0288. The van der Waals surface area contributed by atoms with Gasteiger partial charge in [-0.3, -0.25) is 9.59 Å². The number of aromatic hydroxyl groups is 1. The first-order chi connectivity index (χ1) is 15.3. The van der Waals surface area contributed by atoms with Gasteiger partial charge in [-0.2, -0.15) is 0 Å². The number of ether oxygens (including phenoxy) is 1. The lowest BCUT2D eigenvalue weighted by molar-refractivity contribution is -0.138. The first kappa shape index (κ1) is 20.7. The quantitative estimate of drug-likeness (QED) is 0.770. The first-order valence-corrected chi connectivity index (χ1v) is 11.1. The number of ketones is 1. The van der Waals surface area contributed by atoms with Crippen LogP contribution in [-0.4, -0.2) is 27.8 Å². The van der Waals surface area contributed by atoms with Crippen LogP contribution in [0.5, 0.6) is 5.75 Å². The molecule has 1 aliphatic carbocycles. The number of halogens is 1. The van der Waals surface area contributed by atoms with Gasteiger partial charge in [0, 0.05) is 6.54 Å². The second-order valence-corrected chi connectivity index (χ2v) is 9.40. The van der Waals surface area contributed by atoms with Gasteiger partial charge in [-0.1, -0.05) is 38.1 Å². The van der Waals surface area contributed by atoms with E-state index < -0.39 is 6.04 Å². The fraction of sp³-hybridized carbons (Fsp3) is 0.385. The maximum Gasteiger partial charge on any atom is 0.290 e. The van der Waals surface area contributed by atoms with Crippen molar-refractivity contribution in [3.63, 3.8) is 0 Å². The van der Waals surface area contributed by atoms with Gasteiger partial charge in [0.1, 0.15) is 17.7 Å². The van der Waals surface area contributed by atoms with Gasteiger partial charge in [-0.15, -0.1) is 0 Å². The van der Waals surface area contributed by atoms with Crippen molar-refractivity contribution in [2.24, 2.45) is 17.8 Å². The molecular formula is C26H26FNO4. The number of amides is 1. The summed E-state index contributed by atoms with van der Waals surface area (Å²) in [6.07, 6.45) is 1.40. The molecule has 5 unspecified atom stereocenters. The fourth-order valence-corrected chi connectivity index (χ4v) is 5.66. The highest BCUT2D eigenvalue weighted by Crippen LogP contribution is 2.49. The molecule has 5 rings (SSSR count). The van der Waals surface area contributed by atoms with E-state index in [0.717, 1.165) is 18.4 Å². The van der Waals surface area contributed by atoms with Gasteiger partial charge < -0.3 is 14.7 Å². The first-order valence-electron chi connectivity index (χ1n) is 11.1. The van der Waals surface area contributed by atoms with Crippen molar-refractivity contribution in [3.8, 4) is 5.75 Å². The average molecular weight is 435 g/mol. The number of fused-ring (bicyclic) bond motifs is 1. The Bertz CT molecular complexity index is 1110. The van der Waals surface area contributed by atoms with Crippen LogP contribution in [0.15, 0.2) is 59.9 Å². The number of rotatable bonds is 3. The minimum Gasteiger partial charge on any atom is -0.508 e. The molecular weight excluding hydrogens is 409 g/mol. The molecule has 1 fully saturated rings. The summed E-state index contributed by atoms with van der Waals surface area (Å²) in [7, 11) is 0. The zero-order valence-electron chi connectivity index (χ0n) is 18.1. The molecule has 2 aromatic rings. The molecule has 2 heterocycles. The molecule has 0 radical (unpaired) electrons. The molecule has 3 aliphatic rings. The van der Waals surface area contributed by atoms with E-state index in [1.807, 2.05) is 0 Å². The Morgan fingerprint density at radius 2 is 1.84 bits per heavy atom. The minimum atomic E-state index is -0.658. The maximum absolute atomic E-state index is 13.8. The highest BCUT2D eigenvalue weighted by Gasteiger charge is 2.54. The number of nitrogens with zero attached hydrogens (tertiary/aromatic N) is 1. The Hall–Kier alpha value is -3.15. The zero-order chi connectivity index (χ0) is 22.6. The van der Waals surface area contributed by atoms with Gasteiger partial charge in [-0.05, 0) is 60.1 Å². The van der Waals surface area contributed by atoms with Crippen LogP contribution < -0.4 is 0 Å².